The van der Waals surface area contributed by atoms with Crippen LogP contribution in [0.3, 0.4) is 0 Å². The Hall–Kier alpha value is -3.54. The molecular weight excluding hydrogens is 437 g/mol. The van der Waals surface area contributed by atoms with E-state index in [4.69, 9.17) is 5.26 Å². The number of hydrogen-bond donors (Lipinski definition) is 1. The van der Waals surface area contributed by atoms with Gasteiger partial charge in [0, 0.05) is 48.7 Å². The average molecular weight is 460 g/mol. The summed E-state index contributed by atoms with van der Waals surface area (Å²) in [6.45, 7) is 3.05. The van der Waals surface area contributed by atoms with Crippen molar-refractivity contribution in [1.29, 1.82) is 5.26 Å². The molecule has 1 N–H and O–H groups in total. The number of benzene rings is 2. The molecule has 6 nitrogen and oxygen atoms in total. The fourth-order valence-corrected chi connectivity index (χ4v) is 5.34. The summed E-state index contributed by atoms with van der Waals surface area (Å²) in [5, 5.41) is 17.9. The van der Waals surface area contributed by atoms with Gasteiger partial charge in [0.05, 0.1) is 16.0 Å². The third-order valence-electron chi connectivity index (χ3n) is 5.85. The van der Waals surface area contributed by atoms with Crippen LogP contribution in [0.2, 0.25) is 0 Å². The Morgan fingerprint density at radius 1 is 1.15 bits per heavy atom. The van der Waals surface area contributed by atoms with E-state index in [1.54, 1.807) is 10.7 Å². The second-order valence-electron chi connectivity index (χ2n) is 8.13. The van der Waals surface area contributed by atoms with Crippen molar-refractivity contribution in [3.05, 3.63) is 64.9 Å². The lowest BCUT2D eigenvalue weighted by Crippen LogP contribution is -2.33. The molecule has 0 atom stereocenters. The van der Waals surface area contributed by atoms with E-state index >= 15 is 0 Å². The molecule has 1 fully saturated rings. The Labute approximate surface area is 194 Å². The number of amides is 1. The number of nitrogens with zero attached hydrogens (tertiary/aromatic N) is 4. The number of thiophene rings is 1. The zero-order chi connectivity index (χ0) is 22.9. The Bertz CT molecular complexity index is 1390. The maximum Gasteiger partial charge on any atom is 0.264 e. The summed E-state index contributed by atoms with van der Waals surface area (Å²) < 4.78 is 16.2. The largest absolute Gasteiger partial charge is 0.337 e. The Kier molecular flexibility index (Phi) is 5.67. The number of nitrogens with one attached hydrogen (secondary N) is 1. The highest BCUT2D eigenvalue weighted by Gasteiger charge is 2.23. The molecule has 33 heavy (non-hydrogen) atoms. The van der Waals surface area contributed by atoms with E-state index in [0.717, 1.165) is 46.4 Å². The van der Waals surface area contributed by atoms with Crippen molar-refractivity contribution in [2.24, 2.45) is 7.05 Å². The molecule has 2 aromatic carbocycles. The van der Waals surface area contributed by atoms with E-state index in [1.807, 2.05) is 48.5 Å². The monoisotopic (exact) mass is 459 g/mol. The van der Waals surface area contributed by atoms with Crippen molar-refractivity contribution in [2.75, 3.05) is 26.2 Å². The summed E-state index contributed by atoms with van der Waals surface area (Å²) in [6, 6.07) is 14.3. The van der Waals surface area contributed by atoms with Crippen LogP contribution in [0.5, 0.6) is 0 Å². The number of halogens is 1. The van der Waals surface area contributed by atoms with Gasteiger partial charge in [-0.3, -0.25) is 9.48 Å². The number of hydrogen-bond acceptors (Lipinski definition) is 5. The van der Waals surface area contributed by atoms with Crippen LogP contribution in [0.4, 0.5) is 4.39 Å². The SMILES string of the molecule is Cn1cc2cc(-c3sc(C(=O)N4CCCNCC4)cc3-c3ccc(C#N)c(F)c3)ccc2n1. The van der Waals surface area contributed by atoms with Crippen molar-refractivity contribution in [3.63, 3.8) is 0 Å². The summed E-state index contributed by atoms with van der Waals surface area (Å²) in [7, 11) is 1.88. The Balaban J connectivity index is 1.63. The predicted octanol–water partition coefficient (Wildman–Crippen LogP) is 4.42. The van der Waals surface area contributed by atoms with Gasteiger partial charge in [0.25, 0.3) is 5.91 Å². The molecular formula is C25H22FN5OS. The molecule has 1 amide bonds. The highest BCUT2D eigenvalue weighted by Crippen LogP contribution is 2.41. The molecule has 166 valence electrons. The van der Waals surface area contributed by atoms with Crippen LogP contribution < -0.4 is 5.32 Å². The number of carbonyl (C=O) groups is 1. The molecule has 2 aromatic heterocycles. The van der Waals surface area contributed by atoms with E-state index in [1.165, 1.54) is 23.5 Å². The maximum absolute atomic E-state index is 14.5. The first kappa shape index (κ1) is 21.3. The average Bonchev–Trinajstić information content (AvgIpc) is 3.31. The van der Waals surface area contributed by atoms with Crippen molar-refractivity contribution >= 4 is 28.1 Å². The summed E-state index contributed by atoms with van der Waals surface area (Å²) in [4.78, 5) is 16.7. The summed E-state index contributed by atoms with van der Waals surface area (Å²) in [6.07, 6.45) is 2.86. The first-order chi connectivity index (χ1) is 16.0. The zero-order valence-corrected chi connectivity index (χ0v) is 19.0. The molecule has 1 saturated heterocycles. The predicted molar refractivity (Wildman–Crippen MR) is 128 cm³/mol. The highest BCUT2D eigenvalue weighted by molar-refractivity contribution is 7.18. The van der Waals surface area contributed by atoms with E-state index in [9.17, 15) is 9.18 Å². The van der Waals surface area contributed by atoms with Crippen molar-refractivity contribution < 1.29 is 9.18 Å². The second-order valence-corrected chi connectivity index (χ2v) is 9.18. The highest BCUT2D eigenvalue weighted by atomic mass is 32.1. The van der Waals surface area contributed by atoms with E-state index in [2.05, 4.69) is 10.4 Å². The van der Waals surface area contributed by atoms with Crippen molar-refractivity contribution in [1.82, 2.24) is 20.0 Å². The van der Waals surface area contributed by atoms with Gasteiger partial charge >= 0.3 is 0 Å². The zero-order valence-electron chi connectivity index (χ0n) is 18.1. The van der Waals surface area contributed by atoms with Crippen LogP contribution >= 0.6 is 11.3 Å². The number of carbonyl (C=O) groups excluding carboxylic acids is 1. The molecule has 0 unspecified atom stereocenters. The van der Waals surface area contributed by atoms with Gasteiger partial charge in [-0.05, 0) is 54.4 Å². The fraction of sp³-hybridized carbons (Fsp3) is 0.240. The number of rotatable bonds is 3. The van der Waals surface area contributed by atoms with Crippen LogP contribution in [0.25, 0.3) is 32.5 Å². The molecule has 1 aliphatic heterocycles. The van der Waals surface area contributed by atoms with Gasteiger partial charge in [0.15, 0.2) is 0 Å². The normalized spacial score (nSPS) is 14.3. The van der Waals surface area contributed by atoms with Crippen LogP contribution in [-0.2, 0) is 7.05 Å². The van der Waals surface area contributed by atoms with Gasteiger partial charge in [-0.15, -0.1) is 11.3 Å². The first-order valence-electron chi connectivity index (χ1n) is 10.8. The van der Waals surface area contributed by atoms with Crippen molar-refractivity contribution in [2.45, 2.75) is 6.42 Å². The van der Waals surface area contributed by atoms with Gasteiger partial charge in [-0.1, -0.05) is 12.1 Å². The van der Waals surface area contributed by atoms with Gasteiger partial charge in [0.1, 0.15) is 11.9 Å². The van der Waals surface area contributed by atoms with Gasteiger partial charge < -0.3 is 10.2 Å². The Morgan fingerprint density at radius 3 is 2.82 bits per heavy atom. The lowest BCUT2D eigenvalue weighted by Gasteiger charge is -2.18. The minimum absolute atomic E-state index is 0.000626. The molecule has 0 spiro atoms. The lowest BCUT2D eigenvalue weighted by atomic mass is 10.00. The van der Waals surface area contributed by atoms with E-state index < -0.39 is 5.82 Å². The number of aryl methyl sites for hydroxylation is 1. The van der Waals surface area contributed by atoms with E-state index in [-0.39, 0.29) is 11.5 Å². The number of aromatic nitrogens is 2. The van der Waals surface area contributed by atoms with E-state index in [0.29, 0.717) is 23.5 Å². The van der Waals surface area contributed by atoms with Crippen LogP contribution in [-0.4, -0.2) is 46.8 Å². The summed E-state index contributed by atoms with van der Waals surface area (Å²) >= 11 is 1.42. The molecule has 0 bridgehead atoms. The number of fused-ring (bicyclic) bond motifs is 1. The molecule has 4 aromatic rings. The molecule has 0 saturated carbocycles. The lowest BCUT2D eigenvalue weighted by molar-refractivity contribution is 0.0771. The molecule has 1 aliphatic rings. The van der Waals surface area contributed by atoms with Gasteiger partial charge in [0.2, 0.25) is 0 Å². The van der Waals surface area contributed by atoms with Crippen LogP contribution in [0, 0.1) is 17.1 Å². The first-order valence-corrected chi connectivity index (χ1v) is 11.6. The molecule has 0 radical (unpaired) electrons. The summed E-state index contributed by atoms with van der Waals surface area (Å²) in [5.74, 6) is -0.575. The van der Waals surface area contributed by atoms with Gasteiger partial charge in [-0.25, -0.2) is 4.39 Å². The van der Waals surface area contributed by atoms with Gasteiger partial charge in [-0.2, -0.15) is 10.4 Å². The minimum atomic E-state index is -0.568. The second kappa shape index (κ2) is 8.77. The standard InChI is InChI=1S/C25H22FN5OS/c1-30-15-19-11-17(5-6-22(19)29-30)24-20(16-3-4-18(14-27)21(26)12-16)13-23(33-24)25(32)31-9-2-7-28-8-10-31/h3-6,11-13,15,28H,2,7-10H2,1H3. The topological polar surface area (TPSA) is 74.0 Å². The molecule has 8 heteroatoms. The molecule has 0 aliphatic carbocycles. The minimum Gasteiger partial charge on any atom is -0.337 e. The van der Waals surface area contributed by atoms with Crippen LogP contribution in [0.1, 0.15) is 21.7 Å². The molecule has 3 heterocycles. The fourth-order valence-electron chi connectivity index (χ4n) is 4.19. The van der Waals surface area contributed by atoms with Crippen molar-refractivity contribution in [3.8, 4) is 27.6 Å². The molecule has 5 rings (SSSR count). The summed E-state index contributed by atoms with van der Waals surface area (Å²) in [5.41, 5.74) is 3.25. The van der Waals surface area contributed by atoms with Crippen LogP contribution in [0.15, 0.2) is 48.7 Å². The quantitative estimate of drug-likeness (QED) is 0.492. The third kappa shape index (κ3) is 4.13. The number of nitriles is 1. The Morgan fingerprint density at radius 2 is 2.00 bits per heavy atom. The maximum atomic E-state index is 14.5. The third-order valence-corrected chi connectivity index (χ3v) is 7.02. The smallest absolute Gasteiger partial charge is 0.264 e.